The Kier molecular flexibility index (Phi) is 4.38. The van der Waals surface area contributed by atoms with Gasteiger partial charge in [0.25, 0.3) is 0 Å². The fraction of sp³-hybridized carbons (Fsp3) is 0.333. The summed E-state index contributed by atoms with van der Waals surface area (Å²) < 4.78 is 1.14. The van der Waals surface area contributed by atoms with Crippen LogP contribution in [0.3, 0.4) is 0 Å². The first-order valence-electron chi connectivity index (χ1n) is 5.28. The van der Waals surface area contributed by atoms with Crippen LogP contribution in [0, 0.1) is 0 Å². The summed E-state index contributed by atoms with van der Waals surface area (Å²) in [5.74, 6) is 0. The number of hydrogen-bond donors (Lipinski definition) is 2. The molecule has 0 fully saturated rings. The van der Waals surface area contributed by atoms with Crippen molar-refractivity contribution in [3.63, 3.8) is 0 Å². The molecular formula is C12H14BrNOS2. The third kappa shape index (κ3) is 3.63. The summed E-state index contributed by atoms with van der Waals surface area (Å²) in [6.45, 7) is 3.18. The molecule has 2 aromatic rings. The van der Waals surface area contributed by atoms with Gasteiger partial charge in [-0.1, -0.05) is 6.07 Å². The Morgan fingerprint density at radius 1 is 1.47 bits per heavy atom. The zero-order chi connectivity index (χ0) is 12.3. The van der Waals surface area contributed by atoms with Gasteiger partial charge in [0.15, 0.2) is 0 Å². The Morgan fingerprint density at radius 2 is 2.29 bits per heavy atom. The largest absolute Gasteiger partial charge is 0.383 e. The molecule has 17 heavy (non-hydrogen) atoms. The van der Waals surface area contributed by atoms with Crippen LogP contribution in [0.1, 0.15) is 17.4 Å². The quantitative estimate of drug-likeness (QED) is 0.877. The van der Waals surface area contributed by atoms with Gasteiger partial charge in [-0.2, -0.15) is 0 Å². The lowest BCUT2D eigenvalue weighted by Crippen LogP contribution is -2.34. The molecule has 0 aliphatic heterocycles. The maximum Gasteiger partial charge on any atom is 0.108 e. The number of hydrogen-bond acceptors (Lipinski definition) is 4. The van der Waals surface area contributed by atoms with Crippen LogP contribution in [0.15, 0.2) is 32.7 Å². The topological polar surface area (TPSA) is 32.3 Å². The van der Waals surface area contributed by atoms with Crippen LogP contribution in [0.5, 0.6) is 0 Å². The Morgan fingerprint density at radius 3 is 2.88 bits per heavy atom. The van der Waals surface area contributed by atoms with Crippen molar-refractivity contribution in [1.82, 2.24) is 5.32 Å². The lowest BCUT2D eigenvalue weighted by atomic mass is 10.1. The van der Waals surface area contributed by atoms with Gasteiger partial charge in [-0.3, -0.25) is 0 Å². The minimum absolute atomic E-state index is 0.557. The van der Waals surface area contributed by atoms with Crippen LogP contribution in [0.25, 0.3) is 0 Å². The average Bonchev–Trinajstić information content (AvgIpc) is 2.89. The summed E-state index contributed by atoms with van der Waals surface area (Å²) in [7, 11) is 0. The standard InChI is InChI=1S/C12H14BrNOS2/c1-12(15,10-3-2-4-16-10)8-14-6-9-5-11(13)17-7-9/h2-5,7,14-15H,6,8H2,1H3. The van der Waals surface area contributed by atoms with Crippen molar-refractivity contribution in [3.8, 4) is 0 Å². The number of nitrogens with one attached hydrogen (secondary N) is 1. The van der Waals surface area contributed by atoms with E-state index in [-0.39, 0.29) is 0 Å². The summed E-state index contributed by atoms with van der Waals surface area (Å²) in [6, 6.07) is 6.02. The average molecular weight is 332 g/mol. The van der Waals surface area contributed by atoms with Gasteiger partial charge >= 0.3 is 0 Å². The highest BCUT2D eigenvalue weighted by Crippen LogP contribution is 2.25. The van der Waals surface area contributed by atoms with Crippen LogP contribution < -0.4 is 5.32 Å². The molecule has 2 N–H and O–H groups in total. The van der Waals surface area contributed by atoms with E-state index in [1.54, 1.807) is 22.7 Å². The molecule has 1 unspecified atom stereocenters. The van der Waals surface area contributed by atoms with Crippen LogP contribution in [-0.4, -0.2) is 11.7 Å². The minimum Gasteiger partial charge on any atom is -0.383 e. The van der Waals surface area contributed by atoms with Gasteiger partial charge < -0.3 is 10.4 Å². The summed E-state index contributed by atoms with van der Waals surface area (Å²) in [5, 5.41) is 17.7. The van der Waals surface area contributed by atoms with Crippen molar-refractivity contribution in [2.45, 2.75) is 19.1 Å². The molecule has 92 valence electrons. The van der Waals surface area contributed by atoms with Gasteiger partial charge in [0.05, 0.1) is 3.79 Å². The van der Waals surface area contributed by atoms with Crippen LogP contribution in [0.4, 0.5) is 0 Å². The smallest absolute Gasteiger partial charge is 0.108 e. The predicted octanol–water partition coefficient (Wildman–Crippen LogP) is 3.57. The van der Waals surface area contributed by atoms with E-state index in [1.165, 1.54) is 5.56 Å². The fourth-order valence-electron chi connectivity index (χ4n) is 1.56. The molecular weight excluding hydrogens is 318 g/mol. The van der Waals surface area contributed by atoms with E-state index in [1.807, 2.05) is 24.4 Å². The number of rotatable bonds is 5. The molecule has 0 aliphatic carbocycles. The van der Waals surface area contributed by atoms with Gasteiger partial charge in [-0.25, -0.2) is 0 Å². The molecule has 0 saturated heterocycles. The number of thiophene rings is 2. The third-order valence-electron chi connectivity index (χ3n) is 2.47. The first-order chi connectivity index (χ1) is 8.08. The maximum absolute atomic E-state index is 10.3. The van der Waals surface area contributed by atoms with Crippen molar-refractivity contribution in [3.05, 3.63) is 43.2 Å². The first kappa shape index (κ1) is 13.2. The summed E-state index contributed by atoms with van der Waals surface area (Å²) in [5.41, 5.74) is 0.449. The fourth-order valence-corrected chi connectivity index (χ4v) is 3.56. The highest BCUT2D eigenvalue weighted by molar-refractivity contribution is 9.11. The molecule has 5 heteroatoms. The number of halogens is 1. The Labute approximate surface area is 117 Å². The van der Waals surface area contributed by atoms with Gasteiger partial charge in [0.1, 0.15) is 5.60 Å². The molecule has 0 aromatic carbocycles. The second kappa shape index (κ2) is 5.63. The molecule has 0 radical (unpaired) electrons. The molecule has 1 atom stereocenters. The Hall–Kier alpha value is -0.200. The molecule has 0 spiro atoms. The molecule has 2 heterocycles. The molecule has 0 bridgehead atoms. The van der Waals surface area contributed by atoms with Crippen LogP contribution in [-0.2, 0) is 12.1 Å². The van der Waals surface area contributed by atoms with Gasteiger partial charge in [-0.05, 0) is 51.3 Å². The summed E-state index contributed by atoms with van der Waals surface area (Å²) >= 11 is 6.70. The second-order valence-electron chi connectivity index (χ2n) is 4.11. The van der Waals surface area contributed by atoms with E-state index in [2.05, 4.69) is 32.7 Å². The molecule has 0 amide bonds. The SMILES string of the molecule is CC(O)(CNCc1csc(Br)c1)c1cccs1. The first-order valence-corrected chi connectivity index (χ1v) is 7.83. The van der Waals surface area contributed by atoms with Crippen molar-refractivity contribution in [2.24, 2.45) is 0 Å². The van der Waals surface area contributed by atoms with Gasteiger partial charge in [0, 0.05) is 18.0 Å². The van der Waals surface area contributed by atoms with Crippen molar-refractivity contribution in [1.29, 1.82) is 0 Å². The predicted molar refractivity (Wildman–Crippen MR) is 77.6 cm³/mol. The summed E-state index contributed by atoms with van der Waals surface area (Å²) in [4.78, 5) is 0.997. The molecule has 0 aliphatic rings. The minimum atomic E-state index is -0.790. The lowest BCUT2D eigenvalue weighted by Gasteiger charge is -2.22. The molecule has 2 rings (SSSR count). The van der Waals surface area contributed by atoms with E-state index in [4.69, 9.17) is 0 Å². The van der Waals surface area contributed by atoms with Crippen LogP contribution in [0.2, 0.25) is 0 Å². The summed E-state index contributed by atoms with van der Waals surface area (Å²) in [6.07, 6.45) is 0. The highest BCUT2D eigenvalue weighted by atomic mass is 79.9. The lowest BCUT2D eigenvalue weighted by molar-refractivity contribution is 0.0604. The third-order valence-corrected chi connectivity index (χ3v) is 5.15. The van der Waals surface area contributed by atoms with E-state index >= 15 is 0 Å². The van der Waals surface area contributed by atoms with Crippen LogP contribution >= 0.6 is 38.6 Å². The normalized spacial score (nSPS) is 14.8. The Balaban J connectivity index is 1.86. The van der Waals surface area contributed by atoms with E-state index < -0.39 is 5.60 Å². The Bertz CT molecular complexity index is 465. The maximum atomic E-state index is 10.3. The van der Waals surface area contributed by atoms with Gasteiger partial charge in [0.2, 0.25) is 0 Å². The van der Waals surface area contributed by atoms with E-state index in [0.29, 0.717) is 6.54 Å². The zero-order valence-electron chi connectivity index (χ0n) is 9.44. The van der Waals surface area contributed by atoms with E-state index in [9.17, 15) is 5.11 Å². The van der Waals surface area contributed by atoms with E-state index in [0.717, 1.165) is 15.2 Å². The molecule has 2 aromatic heterocycles. The number of aliphatic hydroxyl groups is 1. The monoisotopic (exact) mass is 331 g/mol. The zero-order valence-corrected chi connectivity index (χ0v) is 12.7. The van der Waals surface area contributed by atoms with Crippen molar-refractivity contribution >= 4 is 38.6 Å². The second-order valence-corrected chi connectivity index (χ2v) is 7.35. The molecule has 2 nitrogen and oxygen atoms in total. The van der Waals surface area contributed by atoms with Crippen molar-refractivity contribution < 1.29 is 5.11 Å². The highest BCUT2D eigenvalue weighted by Gasteiger charge is 2.23. The van der Waals surface area contributed by atoms with Crippen molar-refractivity contribution in [2.75, 3.05) is 6.54 Å². The molecule has 0 saturated carbocycles. The van der Waals surface area contributed by atoms with Gasteiger partial charge in [-0.15, -0.1) is 22.7 Å².